The van der Waals surface area contributed by atoms with E-state index in [9.17, 15) is 27.2 Å². The molecule has 3 heterocycles. The molecule has 2 aromatic carbocycles. The maximum atomic E-state index is 14.6. The third-order valence-electron chi connectivity index (χ3n) is 7.18. The lowest BCUT2D eigenvalue weighted by Crippen LogP contribution is -2.52. The van der Waals surface area contributed by atoms with Crippen molar-refractivity contribution < 1.29 is 27.2 Å². The molecule has 3 aliphatic heterocycles. The highest BCUT2D eigenvalue weighted by molar-refractivity contribution is 7.89. The molecule has 0 spiro atoms. The molecule has 1 unspecified atom stereocenters. The lowest BCUT2D eigenvalue weighted by molar-refractivity contribution is -0.136. The van der Waals surface area contributed by atoms with E-state index in [0.29, 0.717) is 40.4 Å². The molecule has 0 radical (unpaired) electrons. The van der Waals surface area contributed by atoms with E-state index in [2.05, 4.69) is 5.32 Å². The van der Waals surface area contributed by atoms with Gasteiger partial charge in [-0.15, -0.1) is 0 Å². The van der Waals surface area contributed by atoms with Gasteiger partial charge in [-0.2, -0.15) is 4.31 Å². The Kier molecular flexibility index (Phi) is 6.08. The van der Waals surface area contributed by atoms with E-state index >= 15 is 0 Å². The predicted octanol–water partition coefficient (Wildman–Crippen LogP) is 1.71. The summed E-state index contributed by atoms with van der Waals surface area (Å²) < 4.78 is 42.8. The van der Waals surface area contributed by atoms with Crippen LogP contribution in [0.5, 0.6) is 0 Å². The number of hydrogen-bond acceptors (Lipinski definition) is 6. The zero-order valence-corrected chi connectivity index (χ0v) is 20.9. The molecule has 9 nitrogen and oxygen atoms in total. The highest BCUT2D eigenvalue weighted by Crippen LogP contribution is 2.36. The Morgan fingerprint density at radius 1 is 1.00 bits per heavy atom. The number of nitrogens with zero attached hydrogens (tertiary/aromatic N) is 3. The number of anilines is 1. The van der Waals surface area contributed by atoms with Gasteiger partial charge in [0.25, 0.3) is 5.91 Å². The molecule has 2 aromatic rings. The van der Waals surface area contributed by atoms with Crippen molar-refractivity contribution in [3.05, 3.63) is 58.4 Å². The van der Waals surface area contributed by atoms with Crippen LogP contribution in [0.4, 0.5) is 10.1 Å². The number of rotatable bonds is 4. The largest absolute Gasteiger partial charge is 0.369 e. The van der Waals surface area contributed by atoms with Crippen LogP contribution in [0.3, 0.4) is 0 Å². The van der Waals surface area contributed by atoms with E-state index in [-0.39, 0.29) is 43.9 Å². The van der Waals surface area contributed by atoms with Crippen molar-refractivity contribution in [1.82, 2.24) is 14.5 Å². The molecular weight excluding hydrogens is 487 g/mol. The second-order valence-corrected chi connectivity index (χ2v) is 11.3. The van der Waals surface area contributed by atoms with Gasteiger partial charge in [0.15, 0.2) is 0 Å². The topological polar surface area (TPSA) is 107 Å². The molecule has 1 N–H and O–H groups in total. The van der Waals surface area contributed by atoms with E-state index in [0.717, 1.165) is 0 Å². The van der Waals surface area contributed by atoms with Gasteiger partial charge >= 0.3 is 0 Å². The Balaban J connectivity index is 1.37. The van der Waals surface area contributed by atoms with Gasteiger partial charge in [-0.05, 0) is 43.5 Å². The average molecular weight is 515 g/mol. The summed E-state index contributed by atoms with van der Waals surface area (Å²) in [5.74, 6) is -1.93. The van der Waals surface area contributed by atoms with Crippen LogP contribution in [0.15, 0.2) is 35.2 Å². The van der Waals surface area contributed by atoms with Crippen molar-refractivity contribution in [2.45, 2.75) is 44.2 Å². The van der Waals surface area contributed by atoms with Crippen LogP contribution in [0, 0.1) is 19.7 Å². The lowest BCUT2D eigenvalue weighted by atomic mass is 10.0. The second-order valence-electron chi connectivity index (χ2n) is 9.46. The minimum atomic E-state index is -3.69. The van der Waals surface area contributed by atoms with E-state index < -0.39 is 33.7 Å². The highest BCUT2D eigenvalue weighted by Gasteiger charge is 2.41. The molecule has 0 saturated carbocycles. The summed E-state index contributed by atoms with van der Waals surface area (Å²) in [5.41, 5.74) is 2.70. The van der Waals surface area contributed by atoms with Gasteiger partial charge in [0, 0.05) is 56.0 Å². The normalized spacial score (nSPS) is 21.1. The molecule has 2 saturated heterocycles. The fourth-order valence-electron chi connectivity index (χ4n) is 5.39. The first-order chi connectivity index (χ1) is 17.1. The second kappa shape index (κ2) is 8.97. The smallest absolute Gasteiger partial charge is 0.255 e. The first-order valence-corrected chi connectivity index (χ1v) is 13.3. The molecule has 0 bridgehead atoms. The number of amides is 3. The van der Waals surface area contributed by atoms with E-state index in [1.54, 1.807) is 26.0 Å². The van der Waals surface area contributed by atoms with Crippen LogP contribution in [0.25, 0.3) is 0 Å². The number of hydrogen-bond donors (Lipinski definition) is 1. The molecule has 1 atom stereocenters. The number of aryl methyl sites for hydroxylation is 2. The molecule has 190 valence electrons. The summed E-state index contributed by atoms with van der Waals surface area (Å²) in [7, 11) is -3.69. The zero-order chi connectivity index (χ0) is 25.8. The number of sulfonamides is 1. The van der Waals surface area contributed by atoms with Gasteiger partial charge in [0.1, 0.15) is 11.9 Å². The van der Waals surface area contributed by atoms with Crippen molar-refractivity contribution >= 4 is 33.4 Å². The van der Waals surface area contributed by atoms with Crippen LogP contribution < -0.4 is 10.2 Å². The van der Waals surface area contributed by atoms with Gasteiger partial charge in [0.2, 0.25) is 21.8 Å². The van der Waals surface area contributed by atoms with E-state index in [1.165, 1.54) is 21.3 Å². The number of nitrogens with one attached hydrogen (secondary N) is 1. The Labute approximate surface area is 208 Å². The number of halogens is 1. The Bertz CT molecular complexity index is 1360. The molecule has 0 aromatic heterocycles. The SMILES string of the molecule is Cc1cccc(C)c1S(=O)(=O)N1CCN(c2cc(F)cc3c2CN(C2CCC(=O)NC2=O)C3=O)CC1. The number of fused-ring (bicyclic) bond motifs is 1. The lowest BCUT2D eigenvalue weighted by Gasteiger charge is -2.36. The molecule has 2 fully saturated rings. The van der Waals surface area contributed by atoms with Gasteiger partial charge in [-0.1, -0.05) is 18.2 Å². The van der Waals surface area contributed by atoms with Gasteiger partial charge in [-0.3, -0.25) is 19.7 Å². The summed E-state index contributed by atoms with van der Waals surface area (Å²) in [4.78, 5) is 40.6. The minimum absolute atomic E-state index is 0.122. The summed E-state index contributed by atoms with van der Waals surface area (Å²) in [6, 6.07) is 7.11. The Morgan fingerprint density at radius 2 is 1.67 bits per heavy atom. The van der Waals surface area contributed by atoms with Gasteiger partial charge in [-0.25, -0.2) is 12.8 Å². The Hall–Kier alpha value is -3.31. The van der Waals surface area contributed by atoms with Crippen LogP contribution in [-0.4, -0.2) is 67.6 Å². The molecule has 5 rings (SSSR count). The van der Waals surface area contributed by atoms with Crippen molar-refractivity contribution in [2.75, 3.05) is 31.1 Å². The summed E-state index contributed by atoms with van der Waals surface area (Å²) in [5, 5.41) is 2.26. The van der Waals surface area contributed by atoms with Crippen molar-refractivity contribution in [3.8, 4) is 0 Å². The maximum Gasteiger partial charge on any atom is 0.255 e. The van der Waals surface area contributed by atoms with Crippen LogP contribution in [0.2, 0.25) is 0 Å². The average Bonchev–Trinajstić information content (AvgIpc) is 3.14. The molecule has 36 heavy (non-hydrogen) atoms. The summed E-state index contributed by atoms with van der Waals surface area (Å²) >= 11 is 0. The predicted molar refractivity (Wildman–Crippen MR) is 129 cm³/mol. The summed E-state index contributed by atoms with van der Waals surface area (Å²) in [6.07, 6.45) is 0.353. The highest BCUT2D eigenvalue weighted by atomic mass is 32.2. The summed E-state index contributed by atoms with van der Waals surface area (Å²) in [6.45, 7) is 4.75. The number of carbonyl (C=O) groups is 3. The zero-order valence-electron chi connectivity index (χ0n) is 20.1. The molecule has 3 amide bonds. The third kappa shape index (κ3) is 4.05. The fourth-order valence-corrected chi connectivity index (χ4v) is 7.25. The monoisotopic (exact) mass is 514 g/mol. The Morgan fingerprint density at radius 3 is 2.31 bits per heavy atom. The van der Waals surface area contributed by atoms with E-state index in [4.69, 9.17) is 0 Å². The van der Waals surface area contributed by atoms with Gasteiger partial charge < -0.3 is 9.80 Å². The van der Waals surface area contributed by atoms with Crippen LogP contribution in [0.1, 0.15) is 39.9 Å². The van der Waals surface area contributed by atoms with Crippen molar-refractivity contribution in [3.63, 3.8) is 0 Å². The number of imide groups is 1. The van der Waals surface area contributed by atoms with Crippen molar-refractivity contribution in [1.29, 1.82) is 0 Å². The minimum Gasteiger partial charge on any atom is -0.369 e. The molecule has 11 heteroatoms. The first kappa shape index (κ1) is 24.4. The molecule has 3 aliphatic rings. The standard InChI is InChI=1S/C25H27FN4O5S/c1-15-4-3-5-16(2)23(15)36(34,35)29-10-8-28(9-11-29)21-13-17(26)12-18-19(21)14-30(25(18)33)20-6-7-22(31)27-24(20)32/h3-5,12-13,20H,6-11,14H2,1-2H3,(H,27,31,32). The molecule has 0 aliphatic carbocycles. The quantitative estimate of drug-likeness (QED) is 0.623. The van der Waals surface area contributed by atoms with Gasteiger partial charge in [0.05, 0.1) is 4.90 Å². The maximum absolute atomic E-state index is 14.6. The number of piperazine rings is 1. The number of piperidine rings is 1. The van der Waals surface area contributed by atoms with E-state index in [1.807, 2.05) is 11.0 Å². The van der Waals surface area contributed by atoms with Crippen LogP contribution in [-0.2, 0) is 26.2 Å². The first-order valence-electron chi connectivity index (χ1n) is 11.9. The molecular formula is C25H27FN4O5S. The number of benzene rings is 2. The number of carbonyl (C=O) groups excluding carboxylic acids is 3. The van der Waals surface area contributed by atoms with Crippen molar-refractivity contribution in [2.24, 2.45) is 0 Å². The fraction of sp³-hybridized carbons (Fsp3) is 0.400. The third-order valence-corrected chi connectivity index (χ3v) is 9.39. The van der Waals surface area contributed by atoms with Crippen LogP contribution >= 0.6 is 0 Å².